The molecule has 0 spiro atoms. The molecule has 0 aliphatic rings. The van der Waals surface area contributed by atoms with Crippen LogP contribution in [-0.2, 0) is 13.0 Å². The second-order valence-corrected chi connectivity index (χ2v) is 4.95. The van der Waals surface area contributed by atoms with Gasteiger partial charge in [-0.15, -0.1) is 0 Å². The van der Waals surface area contributed by atoms with Gasteiger partial charge in [0.2, 0.25) is 0 Å². The Kier molecular flexibility index (Phi) is 5.18. The maximum absolute atomic E-state index is 11.9. The highest BCUT2D eigenvalue weighted by molar-refractivity contribution is 6.30. The lowest BCUT2D eigenvalue weighted by Crippen LogP contribution is -2.25. The molecule has 106 valence electrons. The van der Waals surface area contributed by atoms with Crippen LogP contribution in [0.15, 0.2) is 36.7 Å². The number of benzene rings is 1. The molecule has 0 saturated heterocycles. The number of aromatic nitrogens is 2. The van der Waals surface area contributed by atoms with Crippen LogP contribution in [0, 0.1) is 0 Å². The predicted octanol–water partition coefficient (Wildman–Crippen LogP) is 2.92. The van der Waals surface area contributed by atoms with Crippen molar-refractivity contribution >= 4 is 17.5 Å². The molecule has 1 aromatic heterocycles. The molecule has 4 nitrogen and oxygen atoms in total. The smallest absolute Gasteiger partial charge is 0.251 e. The van der Waals surface area contributed by atoms with Gasteiger partial charge >= 0.3 is 0 Å². The van der Waals surface area contributed by atoms with Crippen LogP contribution in [0.3, 0.4) is 0 Å². The molecule has 0 unspecified atom stereocenters. The quantitative estimate of drug-likeness (QED) is 0.832. The zero-order valence-electron chi connectivity index (χ0n) is 11.5. The van der Waals surface area contributed by atoms with Gasteiger partial charge in [-0.3, -0.25) is 4.79 Å². The van der Waals surface area contributed by atoms with Crippen molar-refractivity contribution in [3.63, 3.8) is 0 Å². The van der Waals surface area contributed by atoms with Gasteiger partial charge in [0, 0.05) is 42.5 Å². The number of carbonyl (C=O) groups excluding carboxylic acids is 1. The third kappa shape index (κ3) is 3.84. The van der Waals surface area contributed by atoms with Gasteiger partial charge in [-0.2, -0.15) is 0 Å². The Bertz CT molecular complexity index is 580. The van der Waals surface area contributed by atoms with E-state index in [1.165, 1.54) is 0 Å². The summed E-state index contributed by atoms with van der Waals surface area (Å²) in [6, 6.07) is 6.95. The number of amides is 1. The lowest BCUT2D eigenvalue weighted by atomic mass is 10.2. The largest absolute Gasteiger partial charge is 0.352 e. The maximum Gasteiger partial charge on any atom is 0.251 e. The van der Waals surface area contributed by atoms with Crippen LogP contribution in [0.1, 0.15) is 29.5 Å². The molecule has 0 aliphatic heterocycles. The van der Waals surface area contributed by atoms with E-state index in [1.807, 2.05) is 12.4 Å². The van der Waals surface area contributed by atoms with Gasteiger partial charge < -0.3 is 9.88 Å². The molecule has 2 aromatic rings. The minimum absolute atomic E-state index is 0.0890. The van der Waals surface area contributed by atoms with E-state index in [2.05, 4.69) is 21.8 Å². The molecule has 0 radical (unpaired) electrons. The first-order chi connectivity index (χ1) is 9.70. The van der Waals surface area contributed by atoms with E-state index < -0.39 is 0 Å². The van der Waals surface area contributed by atoms with Crippen molar-refractivity contribution in [2.24, 2.45) is 0 Å². The van der Waals surface area contributed by atoms with Crippen molar-refractivity contribution in [1.29, 1.82) is 0 Å². The fourth-order valence-electron chi connectivity index (χ4n) is 2.04. The molecule has 5 heteroatoms. The number of imidazole rings is 1. The topological polar surface area (TPSA) is 46.9 Å². The summed E-state index contributed by atoms with van der Waals surface area (Å²) in [6.07, 6.45) is 5.57. The molecule has 1 heterocycles. The minimum atomic E-state index is -0.0890. The predicted molar refractivity (Wildman–Crippen MR) is 80.0 cm³/mol. The van der Waals surface area contributed by atoms with E-state index in [0.717, 1.165) is 25.2 Å². The standard InChI is InChI=1S/C15H18ClN3O/c1-2-14-17-8-10-19(14)9-4-7-18-15(20)12-5-3-6-13(16)11-12/h3,5-6,8,10-11H,2,4,7,9H2,1H3,(H,18,20). The number of hydrogen-bond donors (Lipinski definition) is 1. The number of aryl methyl sites for hydroxylation is 2. The molecular weight excluding hydrogens is 274 g/mol. The summed E-state index contributed by atoms with van der Waals surface area (Å²) in [7, 11) is 0. The highest BCUT2D eigenvalue weighted by atomic mass is 35.5. The highest BCUT2D eigenvalue weighted by Crippen LogP contribution is 2.10. The Balaban J connectivity index is 1.77. The minimum Gasteiger partial charge on any atom is -0.352 e. The summed E-state index contributed by atoms with van der Waals surface area (Å²) in [5.74, 6) is 0.986. The summed E-state index contributed by atoms with van der Waals surface area (Å²) < 4.78 is 2.12. The number of rotatable bonds is 6. The van der Waals surface area contributed by atoms with Gasteiger partial charge in [0.1, 0.15) is 5.82 Å². The van der Waals surface area contributed by atoms with Crippen molar-refractivity contribution in [2.75, 3.05) is 6.54 Å². The fourth-order valence-corrected chi connectivity index (χ4v) is 2.23. The van der Waals surface area contributed by atoms with Crippen molar-refractivity contribution < 1.29 is 4.79 Å². The Morgan fingerprint density at radius 1 is 1.45 bits per heavy atom. The van der Waals surface area contributed by atoms with Crippen LogP contribution in [0.25, 0.3) is 0 Å². The van der Waals surface area contributed by atoms with Crippen molar-refractivity contribution in [1.82, 2.24) is 14.9 Å². The monoisotopic (exact) mass is 291 g/mol. The molecule has 1 N–H and O–H groups in total. The summed E-state index contributed by atoms with van der Waals surface area (Å²) in [6.45, 7) is 3.57. The highest BCUT2D eigenvalue weighted by Gasteiger charge is 2.05. The zero-order valence-corrected chi connectivity index (χ0v) is 12.2. The van der Waals surface area contributed by atoms with Crippen molar-refractivity contribution in [3.8, 4) is 0 Å². The molecule has 0 bridgehead atoms. The Labute approximate surface area is 123 Å². The normalized spacial score (nSPS) is 10.5. The molecule has 1 aromatic carbocycles. The van der Waals surface area contributed by atoms with Crippen LogP contribution in [0.5, 0.6) is 0 Å². The number of nitrogens with one attached hydrogen (secondary N) is 1. The van der Waals surface area contributed by atoms with Gasteiger partial charge in [-0.05, 0) is 24.6 Å². The molecule has 0 saturated carbocycles. The van der Waals surface area contributed by atoms with E-state index in [1.54, 1.807) is 24.3 Å². The first kappa shape index (κ1) is 14.6. The van der Waals surface area contributed by atoms with E-state index in [-0.39, 0.29) is 5.91 Å². The Morgan fingerprint density at radius 2 is 2.30 bits per heavy atom. The summed E-state index contributed by atoms with van der Waals surface area (Å²) >= 11 is 5.86. The Morgan fingerprint density at radius 3 is 3.05 bits per heavy atom. The molecule has 20 heavy (non-hydrogen) atoms. The van der Waals surface area contributed by atoms with Gasteiger partial charge in [0.05, 0.1) is 0 Å². The number of halogens is 1. The van der Waals surface area contributed by atoms with Crippen LogP contribution in [0.4, 0.5) is 0 Å². The van der Waals surface area contributed by atoms with Crippen molar-refractivity contribution in [2.45, 2.75) is 26.3 Å². The average Bonchev–Trinajstić information content (AvgIpc) is 2.90. The molecule has 0 atom stereocenters. The maximum atomic E-state index is 11.9. The van der Waals surface area contributed by atoms with Crippen LogP contribution < -0.4 is 5.32 Å². The van der Waals surface area contributed by atoms with Gasteiger partial charge in [0.25, 0.3) is 5.91 Å². The van der Waals surface area contributed by atoms with Gasteiger partial charge in [0.15, 0.2) is 0 Å². The van der Waals surface area contributed by atoms with E-state index in [0.29, 0.717) is 17.1 Å². The molecule has 0 fully saturated rings. The second kappa shape index (κ2) is 7.10. The first-order valence-electron chi connectivity index (χ1n) is 6.74. The molecule has 2 rings (SSSR count). The third-order valence-electron chi connectivity index (χ3n) is 3.07. The molecule has 0 aliphatic carbocycles. The van der Waals surface area contributed by atoms with Crippen molar-refractivity contribution in [3.05, 3.63) is 53.1 Å². The number of nitrogens with zero attached hydrogens (tertiary/aromatic N) is 2. The SMILES string of the molecule is CCc1nccn1CCCNC(=O)c1cccc(Cl)c1. The molecule has 1 amide bonds. The first-order valence-corrected chi connectivity index (χ1v) is 7.12. The summed E-state index contributed by atoms with van der Waals surface area (Å²) in [5.41, 5.74) is 0.592. The van der Waals surface area contributed by atoms with E-state index in [4.69, 9.17) is 11.6 Å². The lowest BCUT2D eigenvalue weighted by molar-refractivity contribution is 0.0952. The van der Waals surface area contributed by atoms with Gasteiger partial charge in [-0.1, -0.05) is 24.6 Å². The van der Waals surface area contributed by atoms with Crippen LogP contribution >= 0.6 is 11.6 Å². The summed E-state index contributed by atoms with van der Waals surface area (Å²) in [5, 5.41) is 3.47. The zero-order chi connectivity index (χ0) is 14.4. The number of carbonyl (C=O) groups is 1. The lowest BCUT2D eigenvalue weighted by Gasteiger charge is -2.08. The fraction of sp³-hybridized carbons (Fsp3) is 0.333. The average molecular weight is 292 g/mol. The van der Waals surface area contributed by atoms with E-state index in [9.17, 15) is 4.79 Å². The summed E-state index contributed by atoms with van der Waals surface area (Å²) in [4.78, 5) is 16.2. The van der Waals surface area contributed by atoms with Crippen LogP contribution in [-0.4, -0.2) is 22.0 Å². The molecular formula is C15H18ClN3O. The van der Waals surface area contributed by atoms with Crippen LogP contribution in [0.2, 0.25) is 5.02 Å². The Hall–Kier alpha value is -1.81. The van der Waals surface area contributed by atoms with Gasteiger partial charge in [-0.25, -0.2) is 4.98 Å². The number of hydrogen-bond acceptors (Lipinski definition) is 2. The van der Waals surface area contributed by atoms with E-state index >= 15 is 0 Å². The second-order valence-electron chi connectivity index (χ2n) is 4.51. The third-order valence-corrected chi connectivity index (χ3v) is 3.30.